The Labute approximate surface area is 182 Å². The zero-order chi connectivity index (χ0) is 21.7. The Morgan fingerprint density at radius 2 is 1.77 bits per heavy atom. The van der Waals surface area contributed by atoms with E-state index < -0.39 is 11.4 Å². The van der Waals surface area contributed by atoms with E-state index in [9.17, 15) is 9.59 Å². The van der Waals surface area contributed by atoms with Gasteiger partial charge in [-0.3, -0.25) is 9.59 Å². The van der Waals surface area contributed by atoms with Crippen molar-refractivity contribution in [3.8, 4) is 5.75 Å². The van der Waals surface area contributed by atoms with Crippen molar-refractivity contribution < 1.29 is 19.1 Å². The highest BCUT2D eigenvalue weighted by atomic mass is 16.5. The van der Waals surface area contributed by atoms with E-state index in [2.05, 4.69) is 6.58 Å². The highest BCUT2D eigenvalue weighted by Crippen LogP contribution is 2.46. The summed E-state index contributed by atoms with van der Waals surface area (Å²) in [6.07, 6.45) is 3.84. The first-order valence-electron chi connectivity index (χ1n) is 10.7. The molecule has 0 bridgehead atoms. The summed E-state index contributed by atoms with van der Waals surface area (Å²) >= 11 is 0. The molecule has 0 N–H and O–H groups in total. The summed E-state index contributed by atoms with van der Waals surface area (Å²) < 4.78 is 11.7. The monoisotopic (exact) mass is 414 g/mol. The second kappa shape index (κ2) is 9.17. The van der Waals surface area contributed by atoms with Gasteiger partial charge in [0.15, 0.2) is 11.2 Å². The molecule has 0 amide bonds. The maximum absolute atomic E-state index is 13.4. The molecular weight excluding hydrogens is 388 g/mol. The first-order valence-corrected chi connectivity index (χ1v) is 10.7. The molecule has 1 unspecified atom stereocenters. The summed E-state index contributed by atoms with van der Waals surface area (Å²) in [7, 11) is 0. The molecule has 3 aromatic carbocycles. The van der Waals surface area contributed by atoms with E-state index in [0.29, 0.717) is 30.8 Å². The van der Waals surface area contributed by atoms with Gasteiger partial charge >= 0.3 is 5.97 Å². The molecule has 158 valence electrons. The standard InChI is InChI=1S/C27H26O4/c1-2-18-30-26(29)27(17-9-8-14-24(27)28)25-22-13-7-6-12-21(22)15-16-23(25)31-19-20-10-4-3-5-11-20/h2-7,10-13,15-16H,1,8-9,14,17-19H2. The Morgan fingerprint density at radius 3 is 2.55 bits per heavy atom. The van der Waals surface area contributed by atoms with Crippen LogP contribution in [0.4, 0.5) is 0 Å². The number of Topliss-reactive ketones (excluding diaryl/α,β-unsaturated/α-hetero) is 1. The predicted octanol–water partition coefficient (Wildman–Crippen LogP) is 5.53. The van der Waals surface area contributed by atoms with Crippen molar-refractivity contribution >= 4 is 22.5 Å². The van der Waals surface area contributed by atoms with E-state index >= 15 is 0 Å². The molecule has 1 fully saturated rings. The minimum atomic E-state index is -1.37. The summed E-state index contributed by atoms with van der Waals surface area (Å²) in [6, 6.07) is 21.5. The van der Waals surface area contributed by atoms with Crippen molar-refractivity contribution in [1.82, 2.24) is 0 Å². The molecule has 1 atom stereocenters. The number of esters is 1. The van der Waals surface area contributed by atoms with Gasteiger partial charge in [0.05, 0.1) is 0 Å². The van der Waals surface area contributed by atoms with Crippen LogP contribution in [0, 0.1) is 0 Å². The van der Waals surface area contributed by atoms with Crippen LogP contribution in [-0.4, -0.2) is 18.4 Å². The number of hydrogen-bond donors (Lipinski definition) is 0. The van der Waals surface area contributed by atoms with Gasteiger partial charge in [0, 0.05) is 12.0 Å². The quantitative estimate of drug-likeness (QED) is 0.290. The summed E-state index contributed by atoms with van der Waals surface area (Å²) in [5.74, 6) is -0.0694. The zero-order valence-corrected chi connectivity index (χ0v) is 17.5. The lowest BCUT2D eigenvalue weighted by Gasteiger charge is -2.35. The Kier molecular flexibility index (Phi) is 6.17. The van der Waals surface area contributed by atoms with Crippen LogP contribution < -0.4 is 4.74 Å². The number of carbonyl (C=O) groups excluding carboxylic acids is 2. The van der Waals surface area contributed by atoms with Crippen molar-refractivity contribution in [2.75, 3.05) is 6.61 Å². The number of benzene rings is 3. The molecule has 0 heterocycles. The van der Waals surface area contributed by atoms with E-state index in [0.717, 1.165) is 29.2 Å². The van der Waals surface area contributed by atoms with Crippen LogP contribution in [0.15, 0.2) is 79.4 Å². The highest BCUT2D eigenvalue weighted by molar-refractivity contribution is 6.13. The average molecular weight is 415 g/mol. The first-order chi connectivity index (χ1) is 15.2. The van der Waals surface area contributed by atoms with E-state index in [-0.39, 0.29) is 12.4 Å². The molecule has 4 heteroatoms. The van der Waals surface area contributed by atoms with Gasteiger partial charge in [-0.1, -0.05) is 79.7 Å². The molecular formula is C27H26O4. The van der Waals surface area contributed by atoms with Crippen LogP contribution in [0.2, 0.25) is 0 Å². The number of ketones is 1. The molecule has 1 saturated carbocycles. The molecule has 0 aromatic heterocycles. The molecule has 4 nitrogen and oxygen atoms in total. The Balaban J connectivity index is 1.88. The fraction of sp³-hybridized carbons (Fsp3) is 0.259. The molecule has 4 rings (SSSR count). The molecule has 31 heavy (non-hydrogen) atoms. The van der Waals surface area contributed by atoms with Crippen LogP contribution in [0.1, 0.15) is 36.8 Å². The summed E-state index contributed by atoms with van der Waals surface area (Å²) in [5, 5.41) is 1.80. The largest absolute Gasteiger partial charge is 0.489 e. The fourth-order valence-corrected chi connectivity index (χ4v) is 4.42. The third kappa shape index (κ3) is 3.98. The van der Waals surface area contributed by atoms with Crippen molar-refractivity contribution in [2.24, 2.45) is 0 Å². The van der Waals surface area contributed by atoms with E-state index in [1.54, 1.807) is 0 Å². The van der Waals surface area contributed by atoms with E-state index in [4.69, 9.17) is 9.47 Å². The van der Waals surface area contributed by atoms with E-state index in [1.165, 1.54) is 6.08 Å². The van der Waals surface area contributed by atoms with Gasteiger partial charge < -0.3 is 9.47 Å². The van der Waals surface area contributed by atoms with Crippen LogP contribution in [0.3, 0.4) is 0 Å². The van der Waals surface area contributed by atoms with Crippen LogP contribution >= 0.6 is 0 Å². The van der Waals surface area contributed by atoms with Gasteiger partial charge in [-0.15, -0.1) is 0 Å². The van der Waals surface area contributed by atoms with Gasteiger partial charge in [-0.05, 0) is 35.2 Å². The predicted molar refractivity (Wildman–Crippen MR) is 121 cm³/mol. The van der Waals surface area contributed by atoms with Gasteiger partial charge in [-0.25, -0.2) is 0 Å². The summed E-state index contributed by atoms with van der Waals surface area (Å²) in [5.41, 5.74) is 0.272. The second-order valence-electron chi connectivity index (χ2n) is 7.86. The molecule has 3 aromatic rings. The maximum Gasteiger partial charge on any atom is 0.324 e. The summed E-state index contributed by atoms with van der Waals surface area (Å²) in [4.78, 5) is 26.8. The highest BCUT2D eigenvalue weighted by Gasteiger charge is 2.52. The molecule has 0 saturated heterocycles. The topological polar surface area (TPSA) is 52.6 Å². The van der Waals surface area contributed by atoms with Gasteiger partial charge in [0.2, 0.25) is 0 Å². The normalized spacial score (nSPS) is 18.5. The average Bonchev–Trinajstić information content (AvgIpc) is 2.82. The van der Waals surface area contributed by atoms with Crippen LogP contribution in [-0.2, 0) is 26.3 Å². The van der Waals surface area contributed by atoms with Crippen LogP contribution in [0.25, 0.3) is 10.8 Å². The summed E-state index contributed by atoms with van der Waals surface area (Å²) in [6.45, 7) is 4.05. The third-order valence-corrected chi connectivity index (χ3v) is 5.92. The fourth-order valence-electron chi connectivity index (χ4n) is 4.42. The lowest BCUT2D eigenvalue weighted by molar-refractivity contribution is -0.155. The molecule has 0 spiro atoms. The lowest BCUT2D eigenvalue weighted by atomic mass is 9.67. The Hall–Kier alpha value is -3.40. The van der Waals surface area contributed by atoms with Crippen molar-refractivity contribution in [3.05, 3.63) is 90.5 Å². The number of hydrogen-bond acceptors (Lipinski definition) is 4. The van der Waals surface area contributed by atoms with Gasteiger partial charge in [-0.2, -0.15) is 0 Å². The molecule has 1 aliphatic carbocycles. The van der Waals surface area contributed by atoms with Gasteiger partial charge in [0.25, 0.3) is 0 Å². The zero-order valence-electron chi connectivity index (χ0n) is 17.5. The smallest absolute Gasteiger partial charge is 0.324 e. The number of fused-ring (bicyclic) bond motifs is 1. The van der Waals surface area contributed by atoms with Crippen molar-refractivity contribution in [3.63, 3.8) is 0 Å². The Morgan fingerprint density at radius 1 is 1.00 bits per heavy atom. The maximum atomic E-state index is 13.4. The minimum Gasteiger partial charge on any atom is -0.489 e. The molecule has 0 radical (unpaired) electrons. The number of ether oxygens (including phenoxy) is 2. The third-order valence-electron chi connectivity index (χ3n) is 5.92. The lowest BCUT2D eigenvalue weighted by Crippen LogP contribution is -2.47. The Bertz CT molecular complexity index is 1100. The SMILES string of the molecule is C=CCOC(=O)C1(c2c(OCc3ccccc3)ccc3ccccc23)CCCCC1=O. The van der Waals surface area contributed by atoms with Crippen molar-refractivity contribution in [1.29, 1.82) is 0 Å². The number of rotatable bonds is 7. The minimum absolute atomic E-state index is 0.0683. The second-order valence-corrected chi connectivity index (χ2v) is 7.86. The molecule has 0 aliphatic heterocycles. The van der Waals surface area contributed by atoms with Crippen molar-refractivity contribution in [2.45, 2.75) is 37.7 Å². The van der Waals surface area contributed by atoms with E-state index in [1.807, 2.05) is 66.7 Å². The van der Waals surface area contributed by atoms with Gasteiger partial charge in [0.1, 0.15) is 19.0 Å². The number of carbonyl (C=O) groups is 2. The molecule has 1 aliphatic rings. The van der Waals surface area contributed by atoms with Crippen LogP contribution in [0.5, 0.6) is 5.75 Å². The first kappa shape index (κ1) is 20.9.